The second kappa shape index (κ2) is 15.3. The molecule has 4 aromatic carbocycles. The van der Waals surface area contributed by atoms with Crippen molar-refractivity contribution in [2.24, 2.45) is 0 Å². The van der Waals surface area contributed by atoms with Gasteiger partial charge < -0.3 is 24.6 Å². The maximum Gasteiger partial charge on any atom is 0.255 e. The van der Waals surface area contributed by atoms with Crippen LogP contribution >= 0.6 is 0 Å². The molecule has 0 fully saturated rings. The van der Waals surface area contributed by atoms with Gasteiger partial charge in [0.1, 0.15) is 30.0 Å². The predicted molar refractivity (Wildman–Crippen MR) is 176 cm³/mol. The highest BCUT2D eigenvalue weighted by molar-refractivity contribution is 6.06. The van der Waals surface area contributed by atoms with Crippen LogP contribution in [0.2, 0.25) is 0 Å². The van der Waals surface area contributed by atoms with Gasteiger partial charge in [-0.3, -0.25) is 14.7 Å². The first-order chi connectivity index (χ1) is 21.9. The first-order valence-corrected chi connectivity index (χ1v) is 15.0. The van der Waals surface area contributed by atoms with E-state index >= 15 is 0 Å². The van der Waals surface area contributed by atoms with Crippen LogP contribution in [0.25, 0.3) is 10.9 Å². The quantitative estimate of drug-likeness (QED) is 0.171. The largest absolute Gasteiger partial charge is 0.491 e. The van der Waals surface area contributed by atoms with Crippen molar-refractivity contribution in [2.75, 3.05) is 33.9 Å². The maximum absolute atomic E-state index is 12.7. The lowest BCUT2D eigenvalue weighted by Gasteiger charge is -2.32. The maximum atomic E-state index is 12.7. The van der Waals surface area contributed by atoms with Gasteiger partial charge in [-0.1, -0.05) is 66.7 Å². The van der Waals surface area contributed by atoms with E-state index in [0.29, 0.717) is 47.8 Å². The van der Waals surface area contributed by atoms with Gasteiger partial charge in [-0.25, -0.2) is 0 Å². The molecule has 0 bridgehead atoms. The molecule has 0 aliphatic carbocycles. The molecule has 0 radical (unpaired) electrons. The standard InChI is InChI=1S/C37H39N3O5/c1-39(2)37(43)34-15-9-14-33-35(20-21-38-36(33)34)45-32-18-16-27(17-19-32)22-29(25-41)40(23-28-10-5-3-6-11-28)24-30(42)26-44-31-12-7-4-8-13-31/h3-21,29-30,41-42H,22-26H2,1-2H3/t29-,30-/m0/s1. The van der Waals surface area contributed by atoms with Crippen LogP contribution in [0.3, 0.4) is 0 Å². The van der Waals surface area contributed by atoms with Crippen molar-refractivity contribution in [1.82, 2.24) is 14.8 Å². The molecule has 1 amide bonds. The molecule has 8 nitrogen and oxygen atoms in total. The number of amides is 1. The number of aliphatic hydroxyl groups is 2. The minimum Gasteiger partial charge on any atom is -0.491 e. The van der Waals surface area contributed by atoms with E-state index in [1.807, 2.05) is 97.1 Å². The Morgan fingerprint density at radius 1 is 0.822 bits per heavy atom. The molecule has 0 saturated heterocycles. The van der Waals surface area contributed by atoms with Crippen molar-refractivity contribution < 1.29 is 24.5 Å². The molecule has 5 rings (SSSR count). The number of fused-ring (bicyclic) bond motifs is 1. The van der Waals surface area contributed by atoms with Crippen molar-refractivity contribution in [1.29, 1.82) is 0 Å². The third-order valence-electron chi connectivity index (χ3n) is 7.58. The van der Waals surface area contributed by atoms with Crippen LogP contribution in [-0.4, -0.2) is 76.9 Å². The fourth-order valence-electron chi connectivity index (χ4n) is 5.25. The molecule has 5 aromatic rings. The highest BCUT2D eigenvalue weighted by Gasteiger charge is 2.22. The zero-order chi connectivity index (χ0) is 31.6. The summed E-state index contributed by atoms with van der Waals surface area (Å²) in [5.74, 6) is 1.83. The van der Waals surface area contributed by atoms with Crippen molar-refractivity contribution >= 4 is 16.8 Å². The van der Waals surface area contributed by atoms with E-state index in [1.165, 1.54) is 4.90 Å². The summed E-state index contributed by atoms with van der Waals surface area (Å²) in [6.07, 6.45) is 1.47. The van der Waals surface area contributed by atoms with Crippen LogP contribution < -0.4 is 9.47 Å². The van der Waals surface area contributed by atoms with Crippen LogP contribution in [-0.2, 0) is 13.0 Å². The highest BCUT2D eigenvalue weighted by atomic mass is 16.5. The summed E-state index contributed by atoms with van der Waals surface area (Å²) in [4.78, 5) is 20.8. The minimum atomic E-state index is -0.748. The Kier molecular flexibility index (Phi) is 10.8. The second-order valence-electron chi connectivity index (χ2n) is 11.2. The van der Waals surface area contributed by atoms with E-state index in [4.69, 9.17) is 9.47 Å². The molecular formula is C37H39N3O5. The number of hydrogen-bond acceptors (Lipinski definition) is 7. The topological polar surface area (TPSA) is 95.4 Å². The Labute approximate surface area is 264 Å². The van der Waals surface area contributed by atoms with E-state index in [1.54, 1.807) is 32.4 Å². The summed E-state index contributed by atoms with van der Waals surface area (Å²) >= 11 is 0. The van der Waals surface area contributed by atoms with Crippen molar-refractivity contribution in [3.63, 3.8) is 0 Å². The molecule has 45 heavy (non-hydrogen) atoms. The van der Waals surface area contributed by atoms with Gasteiger partial charge in [0, 0.05) is 44.8 Å². The number of aliphatic hydroxyl groups excluding tert-OH is 2. The van der Waals surface area contributed by atoms with E-state index in [-0.39, 0.29) is 25.2 Å². The highest BCUT2D eigenvalue weighted by Crippen LogP contribution is 2.31. The summed E-state index contributed by atoms with van der Waals surface area (Å²) in [5, 5.41) is 22.1. The SMILES string of the molecule is CN(C)C(=O)c1cccc2c(Oc3ccc(C[C@@H](CO)N(Cc4ccccc4)C[C@H](O)COc4ccccc4)cc3)ccnc12. The second-order valence-corrected chi connectivity index (χ2v) is 11.2. The van der Waals surface area contributed by atoms with Gasteiger partial charge >= 0.3 is 0 Å². The van der Waals surface area contributed by atoms with E-state index < -0.39 is 6.10 Å². The van der Waals surface area contributed by atoms with Crippen molar-refractivity contribution in [2.45, 2.75) is 25.1 Å². The smallest absolute Gasteiger partial charge is 0.255 e. The molecule has 232 valence electrons. The van der Waals surface area contributed by atoms with E-state index in [2.05, 4.69) is 9.88 Å². The lowest BCUT2D eigenvalue weighted by molar-refractivity contribution is 0.0335. The summed E-state index contributed by atoms with van der Waals surface area (Å²) in [5.41, 5.74) is 3.22. The average molecular weight is 606 g/mol. The van der Waals surface area contributed by atoms with Crippen molar-refractivity contribution in [3.05, 3.63) is 132 Å². The fourth-order valence-corrected chi connectivity index (χ4v) is 5.25. The molecule has 0 unspecified atom stereocenters. The molecular weight excluding hydrogens is 566 g/mol. The molecule has 1 heterocycles. The zero-order valence-corrected chi connectivity index (χ0v) is 25.6. The Bertz CT molecular complexity index is 1660. The average Bonchev–Trinajstić information content (AvgIpc) is 3.07. The Balaban J connectivity index is 1.29. The van der Waals surface area contributed by atoms with Crippen molar-refractivity contribution in [3.8, 4) is 17.2 Å². The summed E-state index contributed by atoms with van der Waals surface area (Å²) < 4.78 is 12.0. The zero-order valence-electron chi connectivity index (χ0n) is 25.6. The molecule has 2 atom stereocenters. The van der Waals surface area contributed by atoms with Crippen LogP contribution in [0, 0.1) is 0 Å². The first-order valence-electron chi connectivity index (χ1n) is 15.0. The normalized spacial score (nSPS) is 12.6. The number of hydrogen-bond donors (Lipinski definition) is 2. The summed E-state index contributed by atoms with van der Waals surface area (Å²) in [6.45, 7) is 0.979. The third-order valence-corrected chi connectivity index (χ3v) is 7.58. The van der Waals surface area contributed by atoms with Gasteiger partial charge in [0.15, 0.2) is 0 Å². The Hall–Kier alpha value is -4.76. The van der Waals surface area contributed by atoms with Gasteiger partial charge in [0.05, 0.1) is 17.7 Å². The Morgan fingerprint density at radius 2 is 1.53 bits per heavy atom. The predicted octanol–water partition coefficient (Wildman–Crippen LogP) is 5.57. The van der Waals surface area contributed by atoms with Crippen LogP contribution in [0.5, 0.6) is 17.2 Å². The molecule has 0 aliphatic rings. The molecule has 8 heteroatoms. The Morgan fingerprint density at radius 3 is 2.22 bits per heavy atom. The fraction of sp³-hybridized carbons (Fsp3) is 0.243. The number of ether oxygens (including phenoxy) is 2. The van der Waals surface area contributed by atoms with E-state index in [0.717, 1.165) is 16.5 Å². The lowest BCUT2D eigenvalue weighted by Crippen LogP contribution is -2.44. The monoisotopic (exact) mass is 605 g/mol. The number of rotatable bonds is 14. The molecule has 0 saturated carbocycles. The van der Waals surface area contributed by atoms with Crippen LogP contribution in [0.4, 0.5) is 0 Å². The molecule has 2 N–H and O–H groups in total. The number of benzene rings is 4. The van der Waals surface area contributed by atoms with Gasteiger partial charge in [-0.15, -0.1) is 0 Å². The molecule has 0 spiro atoms. The number of carbonyl (C=O) groups excluding carboxylic acids is 1. The van der Waals surface area contributed by atoms with E-state index in [9.17, 15) is 15.0 Å². The number of carbonyl (C=O) groups is 1. The number of aromatic nitrogens is 1. The van der Waals surface area contributed by atoms with Crippen LogP contribution in [0.15, 0.2) is 115 Å². The minimum absolute atomic E-state index is 0.0750. The first kappa shape index (κ1) is 31.7. The van der Waals surface area contributed by atoms with Gasteiger partial charge in [0.2, 0.25) is 0 Å². The van der Waals surface area contributed by atoms with Gasteiger partial charge in [-0.2, -0.15) is 0 Å². The number of pyridine rings is 1. The lowest BCUT2D eigenvalue weighted by atomic mass is 10.0. The van der Waals surface area contributed by atoms with Gasteiger partial charge in [-0.05, 0) is 60.0 Å². The number of para-hydroxylation sites is 2. The van der Waals surface area contributed by atoms with Gasteiger partial charge in [0.25, 0.3) is 5.91 Å². The summed E-state index contributed by atoms with van der Waals surface area (Å²) in [7, 11) is 3.43. The van der Waals surface area contributed by atoms with Crippen LogP contribution in [0.1, 0.15) is 21.5 Å². The summed E-state index contributed by atoms with van der Waals surface area (Å²) in [6, 6.07) is 34.3. The molecule has 1 aromatic heterocycles. The third kappa shape index (κ3) is 8.45. The molecule has 0 aliphatic heterocycles. The number of nitrogens with zero attached hydrogens (tertiary/aromatic N) is 3.